The number of fused-ring (bicyclic) bond motifs is 8. The molecule has 3 aromatic heterocycles. The Bertz CT molecular complexity index is 2240. The van der Waals surface area contributed by atoms with Gasteiger partial charge in [-0.15, -0.1) is 11.3 Å². The summed E-state index contributed by atoms with van der Waals surface area (Å²) in [7, 11) is 0. The van der Waals surface area contributed by atoms with Gasteiger partial charge in [-0.3, -0.25) is 4.57 Å². The second-order valence-electron chi connectivity index (χ2n) is 9.44. The Morgan fingerprint density at radius 3 is 2.38 bits per heavy atom. The fourth-order valence-corrected chi connectivity index (χ4v) is 6.91. The van der Waals surface area contributed by atoms with E-state index >= 15 is 0 Å². The zero-order valence-corrected chi connectivity index (χ0v) is 20.3. The highest BCUT2D eigenvalue weighted by Gasteiger charge is 2.24. The summed E-state index contributed by atoms with van der Waals surface area (Å²) in [4.78, 5) is 10.3. The van der Waals surface area contributed by atoms with Gasteiger partial charge in [-0.05, 0) is 48.5 Å². The molecule has 0 unspecified atom stereocenters. The average Bonchev–Trinajstić information content (AvgIpc) is 3.46. The minimum Gasteiger partial charge on any atom is -0.456 e. The van der Waals surface area contributed by atoms with Crippen molar-refractivity contribution in [1.29, 1.82) is 0 Å². The van der Waals surface area contributed by atoms with Crippen LogP contribution in [0.25, 0.3) is 70.1 Å². The molecule has 8 aromatic rings. The maximum atomic E-state index is 6.21. The molecule has 0 saturated carbocycles. The van der Waals surface area contributed by atoms with Gasteiger partial charge in [0, 0.05) is 36.5 Å². The first kappa shape index (κ1) is 19.4. The van der Waals surface area contributed by atoms with Gasteiger partial charge in [0.25, 0.3) is 0 Å². The summed E-state index contributed by atoms with van der Waals surface area (Å²) >= 11 is 1.83. The van der Waals surface area contributed by atoms with Gasteiger partial charge in [0.05, 0.1) is 27.6 Å². The summed E-state index contributed by atoms with van der Waals surface area (Å²) in [6.07, 6.45) is 0. The minimum atomic E-state index is 0.669. The summed E-state index contributed by atoms with van der Waals surface area (Å²) in [5.74, 6) is 2.29. The van der Waals surface area contributed by atoms with Gasteiger partial charge >= 0.3 is 0 Å². The van der Waals surface area contributed by atoms with Gasteiger partial charge in [0.2, 0.25) is 5.95 Å². The van der Waals surface area contributed by atoms with Crippen molar-refractivity contribution in [2.45, 2.75) is 0 Å². The Morgan fingerprint density at radius 1 is 0.595 bits per heavy atom. The van der Waals surface area contributed by atoms with Crippen LogP contribution in [0.15, 0.2) is 103 Å². The topological polar surface area (TPSA) is 39.9 Å². The second-order valence-corrected chi connectivity index (χ2v) is 10.5. The molecule has 5 heteroatoms. The third-order valence-electron chi connectivity index (χ3n) is 7.41. The maximum Gasteiger partial charge on any atom is 0.235 e. The van der Waals surface area contributed by atoms with E-state index in [1.165, 1.54) is 30.9 Å². The van der Waals surface area contributed by atoms with Crippen molar-refractivity contribution in [3.63, 3.8) is 0 Å². The molecule has 0 N–H and O–H groups in total. The zero-order valence-electron chi connectivity index (χ0n) is 19.5. The van der Waals surface area contributed by atoms with Crippen LogP contribution in [0.3, 0.4) is 0 Å². The number of para-hydroxylation sites is 2. The van der Waals surface area contributed by atoms with E-state index in [1.807, 2.05) is 47.7 Å². The van der Waals surface area contributed by atoms with Crippen LogP contribution in [0, 0.1) is 0 Å². The smallest absolute Gasteiger partial charge is 0.235 e. The van der Waals surface area contributed by atoms with Crippen molar-refractivity contribution >= 4 is 64.2 Å². The van der Waals surface area contributed by atoms with Crippen LogP contribution in [0.2, 0.25) is 0 Å². The van der Waals surface area contributed by atoms with Crippen LogP contribution in [0.4, 0.5) is 0 Å². The first-order valence-corrected chi connectivity index (χ1v) is 13.1. The SMILES string of the molecule is c1ccc2c(c1)Oc1cccc3nc(-n4c5ccccc5c5cc6c(cc54)sc4ccccc46)nc-2c13. The van der Waals surface area contributed by atoms with E-state index in [0.29, 0.717) is 5.95 Å². The summed E-state index contributed by atoms with van der Waals surface area (Å²) in [5.41, 5.74) is 4.99. The number of benzene rings is 5. The fourth-order valence-electron chi connectivity index (χ4n) is 5.79. The molecule has 0 bridgehead atoms. The minimum absolute atomic E-state index is 0.669. The number of hydrogen-bond donors (Lipinski definition) is 0. The van der Waals surface area contributed by atoms with E-state index in [4.69, 9.17) is 14.7 Å². The molecule has 5 aromatic carbocycles. The summed E-state index contributed by atoms with van der Waals surface area (Å²) in [6.45, 7) is 0. The van der Waals surface area contributed by atoms with E-state index in [2.05, 4.69) is 71.3 Å². The van der Waals surface area contributed by atoms with Crippen LogP contribution in [-0.2, 0) is 0 Å². The average molecular weight is 492 g/mol. The highest BCUT2D eigenvalue weighted by molar-refractivity contribution is 7.25. The molecule has 9 rings (SSSR count). The van der Waals surface area contributed by atoms with Crippen molar-refractivity contribution in [2.24, 2.45) is 0 Å². The molecule has 37 heavy (non-hydrogen) atoms. The monoisotopic (exact) mass is 491 g/mol. The Balaban J connectivity index is 1.43. The number of aromatic nitrogens is 3. The molecule has 0 amide bonds. The highest BCUT2D eigenvalue weighted by Crippen LogP contribution is 2.46. The van der Waals surface area contributed by atoms with E-state index < -0.39 is 0 Å². The molecule has 1 aliphatic heterocycles. The van der Waals surface area contributed by atoms with E-state index in [0.717, 1.165) is 44.7 Å². The first-order chi connectivity index (χ1) is 18.3. The van der Waals surface area contributed by atoms with Crippen molar-refractivity contribution in [3.8, 4) is 28.7 Å². The van der Waals surface area contributed by atoms with Crippen molar-refractivity contribution in [3.05, 3.63) is 103 Å². The number of hydrogen-bond acceptors (Lipinski definition) is 4. The lowest BCUT2D eigenvalue weighted by Crippen LogP contribution is -2.06. The van der Waals surface area contributed by atoms with Crippen LogP contribution >= 0.6 is 11.3 Å². The third kappa shape index (κ3) is 2.56. The first-order valence-electron chi connectivity index (χ1n) is 12.3. The molecule has 0 saturated heterocycles. The fraction of sp³-hybridized carbons (Fsp3) is 0. The highest BCUT2D eigenvalue weighted by atomic mass is 32.1. The van der Waals surface area contributed by atoms with Crippen LogP contribution in [-0.4, -0.2) is 14.5 Å². The van der Waals surface area contributed by atoms with Gasteiger partial charge in [-0.2, -0.15) is 0 Å². The van der Waals surface area contributed by atoms with Crippen molar-refractivity contribution < 1.29 is 4.74 Å². The third-order valence-corrected chi connectivity index (χ3v) is 8.54. The predicted molar refractivity (Wildman–Crippen MR) is 152 cm³/mol. The molecular formula is C32H17N3OS. The Labute approximate surface area is 215 Å². The summed E-state index contributed by atoms with van der Waals surface area (Å²) < 4.78 is 11.0. The lowest BCUT2D eigenvalue weighted by Gasteiger charge is -2.20. The molecule has 172 valence electrons. The van der Waals surface area contributed by atoms with Crippen LogP contribution < -0.4 is 4.74 Å². The molecule has 0 spiro atoms. The summed E-state index contributed by atoms with van der Waals surface area (Å²) in [5, 5.41) is 5.96. The van der Waals surface area contributed by atoms with Gasteiger partial charge in [-0.1, -0.05) is 54.6 Å². The molecule has 0 fully saturated rings. The number of ether oxygens (including phenoxy) is 1. The second kappa shape index (κ2) is 6.93. The normalized spacial score (nSPS) is 12.5. The number of rotatable bonds is 1. The summed E-state index contributed by atoms with van der Waals surface area (Å²) in [6, 6.07) is 36.0. The molecule has 4 nitrogen and oxygen atoms in total. The Morgan fingerprint density at radius 2 is 1.41 bits per heavy atom. The van der Waals surface area contributed by atoms with Gasteiger partial charge in [-0.25, -0.2) is 9.97 Å². The molecule has 0 radical (unpaired) electrons. The Hall–Kier alpha value is -4.74. The standard InChI is InChI=1S/C32H17N3OS/c1-4-12-24-18(8-1)21-16-22-19-9-3-6-15-28(19)37-29(22)17-25(21)35(24)32-33-23-11-7-14-27-30(23)31(34-32)20-10-2-5-13-26(20)36-27/h1-17H. The molecular weight excluding hydrogens is 474 g/mol. The lowest BCUT2D eigenvalue weighted by atomic mass is 10.0. The maximum absolute atomic E-state index is 6.21. The Kier molecular flexibility index (Phi) is 3.64. The molecule has 4 heterocycles. The number of thiophene rings is 1. The molecule has 1 aliphatic rings. The van der Waals surface area contributed by atoms with Gasteiger partial charge in [0.15, 0.2) is 0 Å². The van der Waals surface area contributed by atoms with E-state index in [-0.39, 0.29) is 0 Å². The quantitative estimate of drug-likeness (QED) is 0.230. The predicted octanol–water partition coefficient (Wildman–Crippen LogP) is 8.87. The van der Waals surface area contributed by atoms with Crippen molar-refractivity contribution in [2.75, 3.05) is 0 Å². The van der Waals surface area contributed by atoms with Crippen LogP contribution in [0.5, 0.6) is 11.5 Å². The van der Waals surface area contributed by atoms with Gasteiger partial charge in [0.1, 0.15) is 11.5 Å². The van der Waals surface area contributed by atoms with Crippen molar-refractivity contribution in [1.82, 2.24) is 14.5 Å². The largest absolute Gasteiger partial charge is 0.456 e. The van der Waals surface area contributed by atoms with E-state index in [1.54, 1.807) is 0 Å². The zero-order chi connectivity index (χ0) is 24.1. The van der Waals surface area contributed by atoms with Gasteiger partial charge < -0.3 is 4.74 Å². The van der Waals surface area contributed by atoms with E-state index in [9.17, 15) is 0 Å². The molecule has 0 atom stereocenters. The van der Waals surface area contributed by atoms with Crippen LogP contribution in [0.1, 0.15) is 0 Å². The number of nitrogens with zero attached hydrogens (tertiary/aromatic N) is 3. The lowest BCUT2D eigenvalue weighted by molar-refractivity contribution is 0.486. The molecule has 0 aliphatic carbocycles.